The average Bonchev–Trinajstić information content (AvgIpc) is 3.18. The highest BCUT2D eigenvalue weighted by Crippen LogP contribution is 2.24. The molecule has 4 rings (SSSR count). The molecule has 8 heteroatoms. The van der Waals surface area contributed by atoms with E-state index in [4.69, 9.17) is 16.6 Å². The van der Waals surface area contributed by atoms with Crippen LogP contribution in [-0.4, -0.2) is 45.8 Å². The number of nitrogens with zero attached hydrogens (tertiary/aromatic N) is 4. The van der Waals surface area contributed by atoms with Gasteiger partial charge >= 0.3 is 0 Å². The van der Waals surface area contributed by atoms with Crippen molar-refractivity contribution in [3.05, 3.63) is 75.0 Å². The number of piperazine rings is 1. The number of halogens is 2. The average molecular weight is 492 g/mol. The minimum atomic E-state index is 0.0744. The van der Waals surface area contributed by atoms with Gasteiger partial charge in [-0.3, -0.25) is 4.79 Å². The molecule has 0 spiro atoms. The minimum absolute atomic E-state index is 0.0744. The van der Waals surface area contributed by atoms with Crippen LogP contribution >= 0.6 is 39.1 Å². The Morgan fingerprint density at radius 2 is 1.90 bits per heavy atom. The van der Waals surface area contributed by atoms with Crippen molar-refractivity contribution in [2.45, 2.75) is 19.4 Å². The number of aromatic nitrogens is 2. The maximum atomic E-state index is 12.9. The Kier molecular flexibility index (Phi) is 6.18. The van der Waals surface area contributed by atoms with Crippen LogP contribution in [0.3, 0.4) is 0 Å². The molecule has 0 aliphatic carbocycles. The number of anilines is 1. The van der Waals surface area contributed by atoms with Gasteiger partial charge in [0.25, 0.3) is 5.91 Å². The van der Waals surface area contributed by atoms with Crippen LogP contribution in [0.5, 0.6) is 0 Å². The normalized spacial score (nSPS) is 16.9. The van der Waals surface area contributed by atoms with E-state index in [0.29, 0.717) is 13.0 Å². The van der Waals surface area contributed by atoms with Crippen LogP contribution < -0.4 is 4.90 Å². The number of hydrogen-bond donors (Lipinski definition) is 0. The van der Waals surface area contributed by atoms with Crippen molar-refractivity contribution in [2.24, 2.45) is 0 Å². The summed E-state index contributed by atoms with van der Waals surface area (Å²) < 4.78 is 5.49. The predicted octanol–water partition coefficient (Wildman–Crippen LogP) is 4.90. The highest BCUT2D eigenvalue weighted by atomic mass is 79.9. The van der Waals surface area contributed by atoms with Gasteiger partial charge in [0, 0.05) is 58.7 Å². The molecule has 1 unspecified atom stereocenters. The third-order valence-electron chi connectivity index (χ3n) is 4.98. The standard InChI is InChI=1S/C21H20BrClN4OS/c1-14-13-26(10-11-27(14)20(28)16-4-6-17(22)7-5-16)21-24-19(25-29-21)12-15-2-8-18(23)9-3-15/h2-9,14H,10-13H2,1H3. The predicted molar refractivity (Wildman–Crippen MR) is 121 cm³/mol. The van der Waals surface area contributed by atoms with Gasteiger partial charge in [0.2, 0.25) is 5.13 Å². The monoisotopic (exact) mass is 490 g/mol. The van der Waals surface area contributed by atoms with Crippen molar-refractivity contribution in [3.8, 4) is 0 Å². The first kappa shape index (κ1) is 20.3. The second-order valence-corrected chi connectivity index (χ2v) is 9.18. The first-order chi connectivity index (χ1) is 14.0. The highest BCUT2D eigenvalue weighted by Gasteiger charge is 2.29. The van der Waals surface area contributed by atoms with Crippen molar-refractivity contribution in [3.63, 3.8) is 0 Å². The van der Waals surface area contributed by atoms with Gasteiger partial charge in [-0.25, -0.2) is 4.98 Å². The van der Waals surface area contributed by atoms with Crippen LogP contribution in [0.15, 0.2) is 53.0 Å². The van der Waals surface area contributed by atoms with E-state index < -0.39 is 0 Å². The summed E-state index contributed by atoms with van der Waals surface area (Å²) in [5, 5.41) is 1.64. The van der Waals surface area contributed by atoms with E-state index in [0.717, 1.165) is 44.7 Å². The molecule has 3 aromatic rings. The van der Waals surface area contributed by atoms with Crippen molar-refractivity contribution in [2.75, 3.05) is 24.5 Å². The zero-order chi connectivity index (χ0) is 20.4. The summed E-state index contributed by atoms with van der Waals surface area (Å²) in [4.78, 5) is 21.7. The van der Waals surface area contributed by atoms with Crippen LogP contribution in [0.1, 0.15) is 28.7 Å². The zero-order valence-corrected chi connectivity index (χ0v) is 19.0. The van der Waals surface area contributed by atoms with Gasteiger partial charge in [-0.05, 0) is 48.9 Å². The number of carbonyl (C=O) groups is 1. The van der Waals surface area contributed by atoms with Crippen molar-refractivity contribution in [1.29, 1.82) is 0 Å². The maximum Gasteiger partial charge on any atom is 0.254 e. The second kappa shape index (κ2) is 8.81. The summed E-state index contributed by atoms with van der Waals surface area (Å²) >= 11 is 10.8. The Labute approximate surface area is 187 Å². The molecule has 1 amide bonds. The second-order valence-electron chi connectivity index (χ2n) is 7.10. The fourth-order valence-corrected chi connectivity index (χ4v) is 4.53. The molecule has 1 saturated heterocycles. The van der Waals surface area contributed by atoms with Gasteiger partial charge in [0.15, 0.2) is 0 Å². The lowest BCUT2D eigenvalue weighted by molar-refractivity contribution is 0.0674. The quantitative estimate of drug-likeness (QED) is 0.521. The third kappa shape index (κ3) is 4.79. The summed E-state index contributed by atoms with van der Waals surface area (Å²) in [6, 6.07) is 15.4. The molecule has 1 aliphatic heterocycles. The highest BCUT2D eigenvalue weighted by molar-refractivity contribution is 9.10. The van der Waals surface area contributed by atoms with Gasteiger partial charge in [-0.1, -0.05) is 39.7 Å². The SMILES string of the molecule is CC1CN(c2nc(Cc3ccc(Cl)cc3)ns2)CCN1C(=O)c1ccc(Br)cc1. The lowest BCUT2D eigenvalue weighted by Gasteiger charge is -2.39. The molecule has 0 N–H and O–H groups in total. The number of benzene rings is 2. The van der Waals surface area contributed by atoms with Crippen LogP contribution in [0.4, 0.5) is 5.13 Å². The van der Waals surface area contributed by atoms with E-state index in [-0.39, 0.29) is 11.9 Å². The van der Waals surface area contributed by atoms with E-state index >= 15 is 0 Å². The van der Waals surface area contributed by atoms with Crippen molar-refractivity contribution < 1.29 is 4.79 Å². The molecular formula is C21H20BrClN4OS. The molecule has 29 heavy (non-hydrogen) atoms. The van der Waals surface area contributed by atoms with E-state index in [1.807, 2.05) is 53.4 Å². The number of carbonyl (C=O) groups excluding carboxylic acids is 1. The van der Waals surface area contributed by atoms with E-state index in [1.54, 1.807) is 0 Å². The van der Waals surface area contributed by atoms with Gasteiger partial charge in [0.05, 0.1) is 0 Å². The topological polar surface area (TPSA) is 49.3 Å². The molecular weight excluding hydrogens is 472 g/mol. The molecule has 2 heterocycles. The molecule has 0 radical (unpaired) electrons. The van der Waals surface area contributed by atoms with Gasteiger partial charge in [0.1, 0.15) is 5.82 Å². The molecule has 0 saturated carbocycles. The largest absolute Gasteiger partial charge is 0.343 e. The maximum absolute atomic E-state index is 12.9. The number of rotatable bonds is 4. The summed E-state index contributed by atoms with van der Waals surface area (Å²) in [5.41, 5.74) is 1.85. The van der Waals surface area contributed by atoms with Crippen LogP contribution in [0, 0.1) is 0 Å². The van der Waals surface area contributed by atoms with E-state index in [1.165, 1.54) is 11.5 Å². The molecule has 1 aliphatic rings. The molecule has 5 nitrogen and oxygen atoms in total. The summed E-state index contributed by atoms with van der Waals surface area (Å²) in [6.07, 6.45) is 0.686. The Hall–Kier alpha value is -1.96. The fraction of sp³-hybridized carbons (Fsp3) is 0.286. The van der Waals surface area contributed by atoms with Crippen LogP contribution in [0.2, 0.25) is 5.02 Å². The van der Waals surface area contributed by atoms with E-state index in [9.17, 15) is 4.79 Å². The van der Waals surface area contributed by atoms with Gasteiger partial charge in [-0.15, -0.1) is 0 Å². The lowest BCUT2D eigenvalue weighted by atomic mass is 10.1. The molecule has 150 valence electrons. The fourth-order valence-electron chi connectivity index (χ4n) is 3.42. The molecule has 1 atom stereocenters. The Morgan fingerprint density at radius 3 is 2.59 bits per heavy atom. The van der Waals surface area contributed by atoms with Crippen LogP contribution in [0.25, 0.3) is 0 Å². The molecule has 1 fully saturated rings. The summed E-state index contributed by atoms with van der Waals surface area (Å²) in [5.74, 6) is 0.888. The Bertz CT molecular complexity index is 993. The Balaban J connectivity index is 1.39. The molecule has 1 aromatic heterocycles. The van der Waals surface area contributed by atoms with Gasteiger partial charge in [-0.2, -0.15) is 4.37 Å². The smallest absolute Gasteiger partial charge is 0.254 e. The first-order valence-corrected chi connectivity index (χ1v) is 11.3. The summed E-state index contributed by atoms with van der Waals surface area (Å²) in [7, 11) is 0. The van der Waals surface area contributed by atoms with Gasteiger partial charge < -0.3 is 9.80 Å². The zero-order valence-electron chi connectivity index (χ0n) is 15.9. The molecule has 2 aromatic carbocycles. The number of hydrogen-bond acceptors (Lipinski definition) is 5. The lowest BCUT2D eigenvalue weighted by Crippen LogP contribution is -2.54. The first-order valence-electron chi connectivity index (χ1n) is 9.38. The van der Waals surface area contributed by atoms with Crippen molar-refractivity contribution >= 4 is 50.1 Å². The third-order valence-corrected chi connectivity index (χ3v) is 6.58. The Morgan fingerprint density at radius 1 is 1.17 bits per heavy atom. The summed E-state index contributed by atoms with van der Waals surface area (Å²) in [6.45, 7) is 4.25. The molecule has 0 bridgehead atoms. The van der Waals surface area contributed by atoms with E-state index in [2.05, 4.69) is 32.1 Å². The minimum Gasteiger partial charge on any atom is -0.343 e. The number of amides is 1. The van der Waals surface area contributed by atoms with Crippen molar-refractivity contribution in [1.82, 2.24) is 14.3 Å². The van der Waals surface area contributed by atoms with Crippen LogP contribution in [-0.2, 0) is 6.42 Å².